The second-order valence-corrected chi connectivity index (χ2v) is 5.32. The molecule has 0 aliphatic carbocycles. The standard InChI is InChI=1S/C18H22FNO/c1-4-18(16-7-5-6-8-17(16)19)20-14-9-11-15(12-10-14)21-13(2)3/h5-13,18,20H,4H2,1-3H3. The monoisotopic (exact) mass is 287 g/mol. The fourth-order valence-electron chi connectivity index (χ4n) is 2.26. The molecule has 21 heavy (non-hydrogen) atoms. The molecule has 0 radical (unpaired) electrons. The van der Waals surface area contributed by atoms with Crippen LogP contribution in [0.25, 0.3) is 0 Å². The number of nitrogens with one attached hydrogen (secondary N) is 1. The van der Waals surface area contributed by atoms with Gasteiger partial charge in [-0.3, -0.25) is 0 Å². The van der Waals surface area contributed by atoms with E-state index in [0.717, 1.165) is 17.9 Å². The van der Waals surface area contributed by atoms with Gasteiger partial charge in [0, 0.05) is 11.3 Å². The summed E-state index contributed by atoms with van der Waals surface area (Å²) < 4.78 is 19.5. The van der Waals surface area contributed by atoms with Crippen molar-refractivity contribution in [2.24, 2.45) is 0 Å². The first-order chi connectivity index (χ1) is 10.1. The van der Waals surface area contributed by atoms with Crippen LogP contribution < -0.4 is 10.1 Å². The number of ether oxygens (including phenoxy) is 1. The van der Waals surface area contributed by atoms with Gasteiger partial charge in [-0.05, 0) is 50.6 Å². The molecule has 112 valence electrons. The van der Waals surface area contributed by atoms with Gasteiger partial charge in [-0.2, -0.15) is 0 Å². The molecule has 2 nitrogen and oxygen atoms in total. The Bertz CT molecular complexity index is 566. The van der Waals surface area contributed by atoms with E-state index in [0.29, 0.717) is 5.56 Å². The van der Waals surface area contributed by atoms with Crippen LogP contribution in [-0.4, -0.2) is 6.10 Å². The Morgan fingerprint density at radius 2 is 1.71 bits per heavy atom. The molecule has 1 unspecified atom stereocenters. The predicted molar refractivity (Wildman–Crippen MR) is 85.3 cm³/mol. The lowest BCUT2D eigenvalue weighted by Gasteiger charge is -2.20. The van der Waals surface area contributed by atoms with Crippen LogP contribution in [0.15, 0.2) is 48.5 Å². The van der Waals surface area contributed by atoms with Crippen LogP contribution in [0.4, 0.5) is 10.1 Å². The summed E-state index contributed by atoms with van der Waals surface area (Å²) in [4.78, 5) is 0. The van der Waals surface area contributed by atoms with E-state index in [-0.39, 0.29) is 18.0 Å². The second kappa shape index (κ2) is 7.11. The van der Waals surface area contributed by atoms with Crippen LogP contribution in [-0.2, 0) is 0 Å². The first kappa shape index (κ1) is 15.4. The number of rotatable bonds is 6. The molecular formula is C18H22FNO. The Kier molecular flexibility index (Phi) is 5.20. The lowest BCUT2D eigenvalue weighted by Crippen LogP contribution is -2.11. The van der Waals surface area contributed by atoms with Crippen LogP contribution in [0.5, 0.6) is 5.75 Å². The van der Waals surface area contributed by atoms with Crippen LogP contribution in [0.1, 0.15) is 38.8 Å². The maximum absolute atomic E-state index is 13.9. The Hall–Kier alpha value is -2.03. The van der Waals surface area contributed by atoms with Gasteiger partial charge < -0.3 is 10.1 Å². The van der Waals surface area contributed by atoms with E-state index in [4.69, 9.17) is 4.74 Å². The van der Waals surface area contributed by atoms with Gasteiger partial charge in [0.15, 0.2) is 0 Å². The summed E-state index contributed by atoms with van der Waals surface area (Å²) >= 11 is 0. The van der Waals surface area contributed by atoms with Crippen LogP contribution in [0.2, 0.25) is 0 Å². The van der Waals surface area contributed by atoms with E-state index in [1.165, 1.54) is 6.07 Å². The molecule has 0 aromatic heterocycles. The van der Waals surface area contributed by atoms with Crippen molar-refractivity contribution in [2.45, 2.75) is 39.3 Å². The highest BCUT2D eigenvalue weighted by atomic mass is 19.1. The summed E-state index contributed by atoms with van der Waals surface area (Å²) in [6.07, 6.45) is 0.969. The Labute approximate surface area is 126 Å². The molecule has 0 fully saturated rings. The van der Waals surface area contributed by atoms with Gasteiger partial charge in [-0.15, -0.1) is 0 Å². The van der Waals surface area contributed by atoms with Crippen LogP contribution in [0.3, 0.4) is 0 Å². The molecule has 0 bridgehead atoms. The third-order valence-electron chi connectivity index (χ3n) is 3.26. The average Bonchev–Trinajstić information content (AvgIpc) is 2.47. The maximum Gasteiger partial charge on any atom is 0.128 e. The van der Waals surface area contributed by atoms with Gasteiger partial charge in [0.2, 0.25) is 0 Å². The van der Waals surface area contributed by atoms with E-state index in [2.05, 4.69) is 5.32 Å². The minimum absolute atomic E-state index is 0.0388. The molecule has 0 aliphatic heterocycles. The Morgan fingerprint density at radius 1 is 1.05 bits per heavy atom. The molecule has 0 saturated heterocycles. The minimum atomic E-state index is -0.170. The van der Waals surface area contributed by atoms with Gasteiger partial charge in [-0.25, -0.2) is 4.39 Å². The van der Waals surface area contributed by atoms with E-state index in [1.807, 2.05) is 57.2 Å². The predicted octanol–water partition coefficient (Wildman–Crippen LogP) is 5.18. The molecule has 0 heterocycles. The summed E-state index contributed by atoms with van der Waals surface area (Å²) in [6.45, 7) is 6.04. The van der Waals surface area contributed by atoms with Crippen LogP contribution in [0, 0.1) is 5.82 Å². The average molecular weight is 287 g/mol. The van der Waals surface area contributed by atoms with Crippen molar-refractivity contribution < 1.29 is 9.13 Å². The van der Waals surface area contributed by atoms with E-state index >= 15 is 0 Å². The minimum Gasteiger partial charge on any atom is -0.491 e. The largest absolute Gasteiger partial charge is 0.491 e. The van der Waals surface area contributed by atoms with Gasteiger partial charge in [0.1, 0.15) is 11.6 Å². The molecular weight excluding hydrogens is 265 g/mol. The summed E-state index contributed by atoms with van der Waals surface area (Å²) in [5.74, 6) is 0.672. The highest BCUT2D eigenvalue weighted by Crippen LogP contribution is 2.26. The number of benzene rings is 2. The number of anilines is 1. The zero-order chi connectivity index (χ0) is 15.2. The molecule has 1 atom stereocenters. The number of hydrogen-bond donors (Lipinski definition) is 1. The topological polar surface area (TPSA) is 21.3 Å². The van der Waals surface area contributed by atoms with Crippen molar-refractivity contribution in [1.82, 2.24) is 0 Å². The molecule has 3 heteroatoms. The Morgan fingerprint density at radius 3 is 2.29 bits per heavy atom. The zero-order valence-electron chi connectivity index (χ0n) is 12.8. The van der Waals surface area contributed by atoms with Gasteiger partial charge in [0.05, 0.1) is 12.1 Å². The SMILES string of the molecule is CCC(Nc1ccc(OC(C)C)cc1)c1ccccc1F. The zero-order valence-corrected chi connectivity index (χ0v) is 12.8. The smallest absolute Gasteiger partial charge is 0.128 e. The molecule has 2 aromatic rings. The molecule has 0 amide bonds. The van der Waals surface area contributed by atoms with E-state index < -0.39 is 0 Å². The van der Waals surface area contributed by atoms with E-state index in [9.17, 15) is 4.39 Å². The first-order valence-corrected chi connectivity index (χ1v) is 7.37. The van der Waals surface area contributed by atoms with Crippen molar-refractivity contribution in [3.8, 4) is 5.75 Å². The highest BCUT2D eigenvalue weighted by molar-refractivity contribution is 5.48. The third-order valence-corrected chi connectivity index (χ3v) is 3.26. The highest BCUT2D eigenvalue weighted by Gasteiger charge is 2.13. The van der Waals surface area contributed by atoms with Gasteiger partial charge in [0.25, 0.3) is 0 Å². The fraction of sp³-hybridized carbons (Fsp3) is 0.333. The molecule has 0 saturated carbocycles. The summed E-state index contributed by atoms with van der Waals surface area (Å²) in [5.41, 5.74) is 1.66. The summed E-state index contributed by atoms with van der Waals surface area (Å²) in [5, 5.41) is 3.37. The quantitative estimate of drug-likeness (QED) is 0.790. The lowest BCUT2D eigenvalue weighted by molar-refractivity contribution is 0.242. The van der Waals surface area contributed by atoms with Crippen molar-refractivity contribution in [1.29, 1.82) is 0 Å². The van der Waals surface area contributed by atoms with Gasteiger partial charge in [-0.1, -0.05) is 25.1 Å². The van der Waals surface area contributed by atoms with E-state index in [1.54, 1.807) is 6.07 Å². The summed E-state index contributed by atoms with van der Waals surface area (Å²) in [6, 6.07) is 14.6. The van der Waals surface area contributed by atoms with Crippen molar-refractivity contribution >= 4 is 5.69 Å². The molecule has 0 aliphatic rings. The molecule has 2 rings (SSSR count). The Balaban J connectivity index is 2.10. The van der Waals surface area contributed by atoms with Crippen molar-refractivity contribution in [2.75, 3.05) is 5.32 Å². The molecule has 1 N–H and O–H groups in total. The molecule has 2 aromatic carbocycles. The maximum atomic E-state index is 13.9. The molecule has 0 spiro atoms. The van der Waals surface area contributed by atoms with Gasteiger partial charge >= 0.3 is 0 Å². The number of halogens is 1. The van der Waals surface area contributed by atoms with Crippen molar-refractivity contribution in [3.63, 3.8) is 0 Å². The first-order valence-electron chi connectivity index (χ1n) is 7.37. The lowest BCUT2D eigenvalue weighted by atomic mass is 10.0. The normalized spacial score (nSPS) is 12.2. The number of hydrogen-bond acceptors (Lipinski definition) is 2. The van der Waals surface area contributed by atoms with Crippen LogP contribution >= 0.6 is 0 Å². The third kappa shape index (κ3) is 4.22. The van der Waals surface area contributed by atoms with Crippen molar-refractivity contribution in [3.05, 3.63) is 59.9 Å². The summed E-state index contributed by atoms with van der Waals surface area (Å²) in [7, 11) is 0. The second-order valence-electron chi connectivity index (χ2n) is 5.32. The fourth-order valence-corrected chi connectivity index (χ4v) is 2.26.